The molecule has 0 amide bonds. The molecule has 0 aromatic heterocycles. The topological polar surface area (TPSA) is 181 Å². The molecule has 2 aliphatic rings. The van der Waals surface area contributed by atoms with Gasteiger partial charge in [0.05, 0.1) is 42.1 Å². The lowest BCUT2D eigenvalue weighted by Crippen LogP contribution is -2.69. The van der Waals surface area contributed by atoms with Gasteiger partial charge >= 0.3 is 23.9 Å². The summed E-state index contributed by atoms with van der Waals surface area (Å²) in [6.45, 7) is 5.79. The molecular formula is C70H68O15Si. The van der Waals surface area contributed by atoms with Gasteiger partial charge in [0.25, 0.3) is 8.32 Å². The Labute approximate surface area is 501 Å². The van der Waals surface area contributed by atoms with E-state index >= 15 is 0 Å². The fraction of sp³-hybridized carbons (Fsp3) is 0.257. The van der Waals surface area contributed by atoms with Gasteiger partial charge in [-0.05, 0) is 75.1 Å². The summed E-state index contributed by atoms with van der Waals surface area (Å²) in [7, 11) is -3.27. The number of carbonyl (C=O) groups is 4. The van der Waals surface area contributed by atoms with E-state index < -0.39 is 105 Å². The molecule has 2 aliphatic heterocycles. The first kappa shape index (κ1) is 60.7. The number of esters is 4. The molecule has 442 valence electrons. The average Bonchev–Trinajstić information content (AvgIpc) is 1.28. The highest BCUT2D eigenvalue weighted by molar-refractivity contribution is 6.99. The quantitative estimate of drug-likeness (QED) is 0.0384. The Kier molecular flexibility index (Phi) is 20.2. The first-order chi connectivity index (χ1) is 41.9. The SMILES string of the molecule is CC(C)(C)[Si](OC[C@H]1O[C@H](O)[C@H](O[C@@H]2O[C@H](COC(=O)c3ccccc3)[C@@H](OC(=O)c3ccccc3)[C@H](OC(=O)c3ccccc3)[C@H]2OC(=O)c2ccccc2)[C@@H](OCc2ccccc2)[C@@H]1OCc1ccccc1)(c1ccccc1)c1ccccc1. The Morgan fingerprint density at radius 1 is 0.407 bits per heavy atom. The molecule has 10 atom stereocenters. The number of aliphatic hydroxyl groups excluding tert-OH is 1. The third-order valence-corrected chi connectivity index (χ3v) is 20.1. The maximum atomic E-state index is 14.6. The standard InChI is InChI=1S/C70H68O15Si/c1-70(2,3)86(54-40-24-10-25-41-54,55-42-26-11-27-43-55)79-47-57-58(76-44-48-28-12-4-13-29-48)60(77-45-49-30-14-5-15-31-49)62(68(75)80-57)85-69-63(84-67(74)53-38-22-9-23-39-53)61(83-66(73)52-36-20-8-21-37-52)59(82-65(72)51-34-18-7-19-35-51)56(81-69)46-78-64(71)50-32-16-6-17-33-50/h4-43,56-63,68-69,75H,44-47H2,1-3H3/t56-,57-,58-,59-,60+,61+,62-,63-,68+,69+/m1/s1. The lowest BCUT2D eigenvalue weighted by Gasteiger charge is -2.49. The summed E-state index contributed by atoms with van der Waals surface area (Å²) in [5.41, 5.74) is 2.10. The summed E-state index contributed by atoms with van der Waals surface area (Å²) in [6, 6.07) is 71.6. The molecule has 0 spiro atoms. The molecule has 0 radical (unpaired) electrons. The van der Waals surface area contributed by atoms with Gasteiger partial charge < -0.3 is 52.2 Å². The molecule has 0 unspecified atom stereocenters. The minimum absolute atomic E-state index is 0.0175. The molecule has 86 heavy (non-hydrogen) atoms. The van der Waals surface area contributed by atoms with Crippen molar-refractivity contribution in [2.24, 2.45) is 0 Å². The number of hydrogen-bond donors (Lipinski definition) is 1. The molecule has 2 heterocycles. The monoisotopic (exact) mass is 1180 g/mol. The maximum absolute atomic E-state index is 14.6. The van der Waals surface area contributed by atoms with Crippen molar-refractivity contribution in [2.75, 3.05) is 13.2 Å². The Bertz CT molecular complexity index is 3380. The molecule has 2 saturated heterocycles. The molecule has 15 nitrogen and oxygen atoms in total. The minimum Gasteiger partial charge on any atom is -0.459 e. The van der Waals surface area contributed by atoms with E-state index in [2.05, 4.69) is 45.0 Å². The van der Waals surface area contributed by atoms with Crippen LogP contribution in [0.3, 0.4) is 0 Å². The Morgan fingerprint density at radius 3 is 1.20 bits per heavy atom. The summed E-state index contributed by atoms with van der Waals surface area (Å²) >= 11 is 0. The Hall–Kier alpha value is -8.42. The number of carbonyl (C=O) groups excluding carboxylic acids is 4. The predicted octanol–water partition coefficient (Wildman–Crippen LogP) is 10.1. The number of ether oxygens (including phenoxy) is 9. The van der Waals surface area contributed by atoms with E-state index in [9.17, 15) is 24.3 Å². The van der Waals surface area contributed by atoms with Crippen LogP contribution in [0, 0.1) is 0 Å². The van der Waals surface area contributed by atoms with E-state index in [1.807, 2.05) is 97.1 Å². The van der Waals surface area contributed by atoms with Crippen molar-refractivity contribution in [3.05, 3.63) is 276 Å². The molecule has 0 saturated carbocycles. The number of rotatable bonds is 22. The van der Waals surface area contributed by atoms with E-state index in [4.69, 9.17) is 47.1 Å². The van der Waals surface area contributed by atoms with Gasteiger partial charge in [-0.25, -0.2) is 19.2 Å². The lowest BCUT2D eigenvalue weighted by molar-refractivity contribution is -0.367. The molecule has 0 aliphatic carbocycles. The summed E-state index contributed by atoms with van der Waals surface area (Å²) in [5.74, 6) is -3.44. The maximum Gasteiger partial charge on any atom is 0.338 e. The fourth-order valence-corrected chi connectivity index (χ4v) is 15.4. The van der Waals surface area contributed by atoms with Crippen LogP contribution in [0.4, 0.5) is 0 Å². The van der Waals surface area contributed by atoms with Gasteiger partial charge in [0.15, 0.2) is 30.9 Å². The molecule has 1 N–H and O–H groups in total. The second-order valence-corrected chi connectivity index (χ2v) is 26.2. The van der Waals surface area contributed by atoms with E-state index in [-0.39, 0.29) is 42.1 Å². The number of aliphatic hydroxyl groups is 1. The highest BCUT2D eigenvalue weighted by atomic mass is 28.4. The van der Waals surface area contributed by atoms with Crippen molar-refractivity contribution in [1.82, 2.24) is 0 Å². The molecule has 10 rings (SSSR count). The van der Waals surface area contributed by atoms with E-state index in [0.717, 1.165) is 21.5 Å². The molecule has 8 aromatic carbocycles. The van der Waals surface area contributed by atoms with Crippen molar-refractivity contribution in [3.8, 4) is 0 Å². The van der Waals surface area contributed by atoms with Gasteiger partial charge in [-0.1, -0.05) is 215 Å². The van der Waals surface area contributed by atoms with E-state index in [0.29, 0.717) is 0 Å². The Balaban J connectivity index is 1.09. The van der Waals surface area contributed by atoms with Crippen molar-refractivity contribution >= 4 is 42.6 Å². The molecular weight excluding hydrogens is 1110 g/mol. The number of hydrogen-bond acceptors (Lipinski definition) is 15. The van der Waals surface area contributed by atoms with E-state index in [1.54, 1.807) is 84.9 Å². The van der Waals surface area contributed by atoms with Crippen LogP contribution in [-0.2, 0) is 60.3 Å². The van der Waals surface area contributed by atoms with Gasteiger partial charge in [-0.2, -0.15) is 0 Å². The highest BCUT2D eigenvalue weighted by Gasteiger charge is 2.58. The van der Waals surface area contributed by atoms with Crippen LogP contribution in [0.25, 0.3) is 0 Å². The first-order valence-corrected chi connectivity index (χ1v) is 30.5. The molecule has 2 fully saturated rings. The van der Waals surface area contributed by atoms with Crippen LogP contribution in [0.15, 0.2) is 243 Å². The van der Waals surface area contributed by atoms with Crippen LogP contribution in [-0.4, -0.2) is 112 Å². The summed E-state index contributed by atoms with van der Waals surface area (Å²) < 4.78 is 67.2. The zero-order chi connectivity index (χ0) is 59.9. The smallest absolute Gasteiger partial charge is 0.338 e. The number of benzene rings is 8. The molecule has 16 heteroatoms. The lowest BCUT2D eigenvalue weighted by atomic mass is 9.96. The van der Waals surface area contributed by atoms with Gasteiger partial charge in [0.1, 0.15) is 37.1 Å². The van der Waals surface area contributed by atoms with Crippen molar-refractivity contribution < 1.29 is 71.3 Å². The second kappa shape index (κ2) is 28.6. The normalized spacial score (nSPS) is 22.2. The van der Waals surface area contributed by atoms with Crippen molar-refractivity contribution in [2.45, 2.75) is 100 Å². The predicted molar refractivity (Wildman–Crippen MR) is 322 cm³/mol. The van der Waals surface area contributed by atoms with Crippen LogP contribution in [0.5, 0.6) is 0 Å². The zero-order valence-electron chi connectivity index (χ0n) is 47.9. The van der Waals surface area contributed by atoms with Crippen LogP contribution < -0.4 is 10.4 Å². The molecule has 8 aromatic rings. The van der Waals surface area contributed by atoms with Gasteiger partial charge in [-0.3, -0.25) is 0 Å². The summed E-state index contributed by atoms with van der Waals surface area (Å²) in [5, 5.41) is 14.4. The largest absolute Gasteiger partial charge is 0.459 e. The van der Waals surface area contributed by atoms with Gasteiger partial charge in [0.2, 0.25) is 0 Å². The second-order valence-electron chi connectivity index (χ2n) is 21.9. The van der Waals surface area contributed by atoms with Gasteiger partial charge in [0, 0.05) is 0 Å². The van der Waals surface area contributed by atoms with Crippen molar-refractivity contribution in [1.29, 1.82) is 0 Å². The van der Waals surface area contributed by atoms with Crippen LogP contribution in [0.2, 0.25) is 5.04 Å². The third kappa shape index (κ3) is 14.6. The third-order valence-electron chi connectivity index (χ3n) is 15.1. The molecule has 0 bridgehead atoms. The highest BCUT2D eigenvalue weighted by Crippen LogP contribution is 2.40. The fourth-order valence-electron chi connectivity index (χ4n) is 10.9. The van der Waals surface area contributed by atoms with Crippen LogP contribution in [0.1, 0.15) is 73.3 Å². The van der Waals surface area contributed by atoms with E-state index in [1.165, 1.54) is 36.4 Å². The average molecular weight is 1180 g/mol. The van der Waals surface area contributed by atoms with Crippen LogP contribution >= 0.6 is 0 Å². The zero-order valence-corrected chi connectivity index (χ0v) is 48.9. The summed E-state index contributed by atoms with van der Waals surface area (Å²) in [4.78, 5) is 57.3. The Morgan fingerprint density at radius 2 is 0.767 bits per heavy atom. The van der Waals surface area contributed by atoms with Gasteiger partial charge in [-0.15, -0.1) is 0 Å². The minimum atomic E-state index is -3.27. The van der Waals surface area contributed by atoms with Crippen molar-refractivity contribution in [3.63, 3.8) is 0 Å². The first-order valence-electron chi connectivity index (χ1n) is 28.6. The summed E-state index contributed by atoms with van der Waals surface area (Å²) in [6.07, 6.45) is -15.5.